The van der Waals surface area contributed by atoms with E-state index in [1.54, 1.807) is 0 Å². The molecule has 0 fully saturated rings. The minimum absolute atomic E-state index is 0.0202. The average Bonchev–Trinajstić information content (AvgIpc) is 2.72. The van der Waals surface area contributed by atoms with Crippen molar-refractivity contribution in [3.05, 3.63) is 79.9 Å². The molecule has 0 spiro atoms. The van der Waals surface area contributed by atoms with Gasteiger partial charge in [-0.3, -0.25) is 25.0 Å². The molecule has 0 aliphatic rings. The van der Waals surface area contributed by atoms with Crippen molar-refractivity contribution < 1.29 is 33.7 Å². The zero-order chi connectivity index (χ0) is 22.3. The van der Waals surface area contributed by atoms with Crippen molar-refractivity contribution in [2.75, 3.05) is 13.7 Å². The van der Waals surface area contributed by atoms with Crippen LogP contribution >= 0.6 is 0 Å². The van der Waals surface area contributed by atoms with E-state index >= 15 is 0 Å². The molecule has 11 heteroatoms. The number of nitrogens with zero attached hydrogens (tertiary/aromatic N) is 2. The van der Waals surface area contributed by atoms with Crippen molar-refractivity contribution in [2.45, 2.75) is 12.3 Å². The highest BCUT2D eigenvalue weighted by atomic mass is 16.6. The number of nitro groups is 2. The molecule has 0 bridgehead atoms. The zero-order valence-corrected chi connectivity index (χ0v) is 15.7. The Hall–Kier alpha value is -4.15. The van der Waals surface area contributed by atoms with E-state index in [4.69, 9.17) is 4.74 Å². The Labute approximate surface area is 169 Å². The largest absolute Gasteiger partial charge is 0.463 e. The normalized spacial score (nSPS) is 11.2. The van der Waals surface area contributed by atoms with Crippen LogP contribution in [0.15, 0.2) is 48.5 Å². The van der Waals surface area contributed by atoms with E-state index in [2.05, 4.69) is 4.74 Å². The number of benzene rings is 2. The monoisotopic (exact) mass is 416 g/mol. The molecule has 11 nitrogen and oxygen atoms in total. The maximum Gasteiger partial charge on any atom is 0.374 e. The molecule has 30 heavy (non-hydrogen) atoms. The van der Waals surface area contributed by atoms with Gasteiger partial charge in [-0.2, -0.15) is 0 Å². The summed E-state index contributed by atoms with van der Waals surface area (Å²) in [4.78, 5) is 56.2. The van der Waals surface area contributed by atoms with E-state index in [1.807, 2.05) is 0 Å². The molecule has 0 aliphatic carbocycles. The van der Waals surface area contributed by atoms with E-state index in [0.717, 1.165) is 19.2 Å². The van der Waals surface area contributed by atoms with Crippen LogP contribution in [0.2, 0.25) is 0 Å². The highest BCUT2D eigenvalue weighted by Crippen LogP contribution is 2.30. The van der Waals surface area contributed by atoms with Gasteiger partial charge in [0.2, 0.25) is 12.3 Å². The lowest BCUT2D eigenvalue weighted by Gasteiger charge is -2.16. The number of nitro benzene ring substituents is 1. The number of hydrogen-bond acceptors (Lipinski definition) is 9. The third-order valence-corrected chi connectivity index (χ3v) is 4.09. The summed E-state index contributed by atoms with van der Waals surface area (Å²) in [6.45, 7) is -0.686. The SMILES string of the molecule is COC(=O)C(=O)C[C@H](C[N+](=O)[O-])c1ccccc1OC(=O)c1ccc([N+](=O)[O-])cc1. The van der Waals surface area contributed by atoms with Crippen LogP contribution in [0.3, 0.4) is 0 Å². The fourth-order valence-electron chi connectivity index (χ4n) is 2.66. The van der Waals surface area contributed by atoms with E-state index in [0.29, 0.717) is 0 Å². The summed E-state index contributed by atoms with van der Waals surface area (Å²) < 4.78 is 9.65. The van der Waals surface area contributed by atoms with Crippen molar-refractivity contribution in [3.8, 4) is 5.75 Å². The molecule has 0 aliphatic heterocycles. The first kappa shape index (κ1) is 22.1. The van der Waals surface area contributed by atoms with Crippen LogP contribution in [0.25, 0.3) is 0 Å². The summed E-state index contributed by atoms with van der Waals surface area (Å²) in [6.07, 6.45) is -0.514. The maximum atomic E-state index is 12.4. The molecule has 2 aromatic rings. The van der Waals surface area contributed by atoms with E-state index in [9.17, 15) is 34.6 Å². The van der Waals surface area contributed by atoms with Gasteiger partial charge in [0.15, 0.2) is 0 Å². The number of carbonyl (C=O) groups excluding carboxylic acids is 3. The number of Topliss-reactive ketones (excluding diaryl/α,β-unsaturated/α-hetero) is 1. The van der Waals surface area contributed by atoms with Gasteiger partial charge in [-0.1, -0.05) is 18.2 Å². The number of esters is 2. The zero-order valence-electron chi connectivity index (χ0n) is 15.7. The summed E-state index contributed by atoms with van der Waals surface area (Å²) in [6, 6.07) is 10.6. The van der Waals surface area contributed by atoms with Gasteiger partial charge in [0, 0.05) is 29.0 Å². The fraction of sp³-hybridized carbons (Fsp3) is 0.211. The smallest absolute Gasteiger partial charge is 0.374 e. The molecule has 0 heterocycles. The molecule has 0 aromatic heterocycles. The third kappa shape index (κ3) is 5.67. The number of ether oxygens (including phenoxy) is 2. The first-order chi connectivity index (χ1) is 14.2. The molecule has 0 amide bonds. The summed E-state index contributed by atoms with van der Waals surface area (Å²) >= 11 is 0. The number of para-hydroxylation sites is 1. The van der Waals surface area contributed by atoms with Crippen LogP contribution in [0.4, 0.5) is 5.69 Å². The van der Waals surface area contributed by atoms with Crippen LogP contribution in [0.1, 0.15) is 28.3 Å². The van der Waals surface area contributed by atoms with Crippen molar-refractivity contribution >= 4 is 23.4 Å². The number of non-ortho nitro benzene ring substituents is 1. The second-order valence-corrected chi connectivity index (χ2v) is 6.06. The van der Waals surface area contributed by atoms with Gasteiger partial charge in [-0.25, -0.2) is 9.59 Å². The van der Waals surface area contributed by atoms with E-state index in [-0.39, 0.29) is 22.6 Å². The molecule has 2 rings (SSSR count). The molecule has 0 radical (unpaired) electrons. The molecule has 0 unspecified atom stereocenters. The van der Waals surface area contributed by atoms with Gasteiger partial charge >= 0.3 is 11.9 Å². The Morgan fingerprint density at radius 2 is 1.63 bits per heavy atom. The van der Waals surface area contributed by atoms with Gasteiger partial charge in [-0.15, -0.1) is 0 Å². The fourth-order valence-corrected chi connectivity index (χ4v) is 2.66. The minimum atomic E-state index is -1.14. The highest BCUT2D eigenvalue weighted by Gasteiger charge is 2.28. The van der Waals surface area contributed by atoms with Crippen molar-refractivity contribution in [2.24, 2.45) is 0 Å². The first-order valence-electron chi connectivity index (χ1n) is 8.51. The second-order valence-electron chi connectivity index (χ2n) is 6.06. The molecule has 156 valence electrons. The quantitative estimate of drug-likeness (QED) is 0.197. The standard InChI is InChI=1S/C19H16N2O9/c1-29-19(24)16(22)10-13(11-20(25)26)15-4-2-3-5-17(15)30-18(23)12-6-8-14(9-7-12)21(27)28/h2-9,13H,10-11H2,1H3/t13-/m1/s1. The topological polar surface area (TPSA) is 156 Å². The molecular weight excluding hydrogens is 400 g/mol. The lowest BCUT2D eigenvalue weighted by Crippen LogP contribution is -2.23. The third-order valence-electron chi connectivity index (χ3n) is 4.09. The van der Waals surface area contributed by atoms with Crippen LogP contribution in [0, 0.1) is 20.2 Å². The summed E-state index contributed by atoms with van der Waals surface area (Å²) in [5.41, 5.74) is -0.00657. The van der Waals surface area contributed by atoms with Crippen LogP contribution in [0.5, 0.6) is 5.75 Å². The Morgan fingerprint density at radius 3 is 2.20 bits per heavy atom. The predicted octanol–water partition coefficient (Wildman–Crippen LogP) is 2.31. The second kappa shape index (κ2) is 9.87. The lowest BCUT2D eigenvalue weighted by molar-refractivity contribution is -0.483. The predicted molar refractivity (Wildman–Crippen MR) is 101 cm³/mol. The van der Waals surface area contributed by atoms with Gasteiger partial charge in [-0.05, 0) is 18.2 Å². The van der Waals surface area contributed by atoms with E-state index in [1.165, 1.54) is 36.4 Å². The molecule has 0 saturated heterocycles. The Kier molecular flexibility index (Phi) is 7.28. The van der Waals surface area contributed by atoms with Gasteiger partial charge in [0.1, 0.15) is 5.75 Å². The van der Waals surface area contributed by atoms with Gasteiger partial charge in [0.05, 0.1) is 23.5 Å². The summed E-state index contributed by atoms with van der Waals surface area (Å²) in [5, 5.41) is 21.8. The summed E-state index contributed by atoms with van der Waals surface area (Å²) in [7, 11) is 1.02. The molecule has 0 N–H and O–H groups in total. The Balaban J connectivity index is 2.30. The number of rotatable bonds is 9. The van der Waals surface area contributed by atoms with Crippen LogP contribution in [-0.2, 0) is 14.3 Å². The van der Waals surface area contributed by atoms with Gasteiger partial charge in [0.25, 0.3) is 5.69 Å². The first-order valence-corrected chi connectivity index (χ1v) is 8.51. The number of hydrogen-bond donors (Lipinski definition) is 0. The van der Waals surface area contributed by atoms with Crippen LogP contribution in [-0.4, -0.2) is 41.2 Å². The molecule has 0 saturated carbocycles. The number of ketones is 1. The molecule has 2 aromatic carbocycles. The van der Waals surface area contributed by atoms with Crippen molar-refractivity contribution in [1.82, 2.24) is 0 Å². The average molecular weight is 416 g/mol. The Morgan fingerprint density at radius 1 is 1.00 bits per heavy atom. The minimum Gasteiger partial charge on any atom is -0.463 e. The van der Waals surface area contributed by atoms with Crippen molar-refractivity contribution in [1.29, 1.82) is 0 Å². The number of methoxy groups -OCH3 is 1. The molecule has 1 atom stereocenters. The van der Waals surface area contributed by atoms with Crippen LogP contribution < -0.4 is 4.74 Å². The lowest BCUT2D eigenvalue weighted by atomic mass is 9.93. The summed E-state index contributed by atoms with van der Waals surface area (Å²) in [5.74, 6) is -4.03. The van der Waals surface area contributed by atoms with E-state index < -0.39 is 46.5 Å². The number of carbonyl (C=O) groups is 3. The van der Waals surface area contributed by atoms with Crippen molar-refractivity contribution in [3.63, 3.8) is 0 Å². The highest BCUT2D eigenvalue weighted by molar-refractivity contribution is 6.33. The Bertz CT molecular complexity index is 986. The van der Waals surface area contributed by atoms with Gasteiger partial charge < -0.3 is 9.47 Å². The molecular formula is C19H16N2O9. The maximum absolute atomic E-state index is 12.4.